The summed E-state index contributed by atoms with van der Waals surface area (Å²) in [6.07, 6.45) is 0. The molecule has 14 aromatic carbocycles. The molecule has 0 saturated heterocycles. The average molecular weight is 1290 g/mol. The lowest BCUT2D eigenvalue weighted by molar-refractivity contribution is 0.591. The zero-order valence-electron chi connectivity index (χ0n) is 56.4. The van der Waals surface area contributed by atoms with Gasteiger partial charge in [0.15, 0.2) is 16.1 Å². The van der Waals surface area contributed by atoms with Gasteiger partial charge in [0.1, 0.15) is 0 Å². The second-order valence-corrected chi connectivity index (χ2v) is 36.3. The van der Waals surface area contributed by atoms with Crippen LogP contribution in [0, 0.1) is 0 Å². The Morgan fingerprint density at radius 2 is 0.602 bits per heavy atom. The summed E-state index contributed by atoms with van der Waals surface area (Å²) in [6.45, 7) is 13.9. The first-order chi connectivity index (χ1) is 47.9. The number of aromatic nitrogens is 1. The van der Waals surface area contributed by atoms with E-state index < -0.39 is 16.1 Å². The van der Waals surface area contributed by atoms with Crippen molar-refractivity contribution in [2.45, 2.75) is 52.4 Å². The lowest BCUT2D eigenvalue weighted by atomic mass is 9.33. The molecule has 2 aliphatic rings. The fourth-order valence-corrected chi connectivity index (χ4v) is 26.5. The molecule has 15 aromatic rings. The molecule has 6 heteroatoms. The quantitative estimate of drug-likeness (QED) is 0.0892. The minimum absolute atomic E-state index is 0.118. The van der Waals surface area contributed by atoms with E-state index in [2.05, 4.69) is 408 Å². The maximum atomic E-state index is 2.72. The zero-order valence-corrected chi connectivity index (χ0v) is 58.4. The zero-order chi connectivity index (χ0) is 66.3. The molecule has 0 saturated carbocycles. The van der Waals surface area contributed by atoms with Gasteiger partial charge in [0, 0.05) is 44.9 Å². The Balaban J connectivity index is 1.07. The molecule has 0 spiro atoms. The smallest absolute Gasteiger partial charge is 0.252 e. The van der Waals surface area contributed by atoms with Gasteiger partial charge in [-0.15, -0.1) is 0 Å². The SMILES string of the molecule is CC(C)(C)c1ccc2c3ccc(C(C)(C)C)cc3n(-c3cc4c5c(c3)N(c3ccccc3[Si](c3ccccc3)(c3ccccc3)c3ccccc3)c3ccc(-c6ccccc6)cc3B5c3ccccc3N4c3ccccc3[Si](c3ccccc3)(c3ccccc3)c3ccccc3)c2c1. The molecule has 2 aliphatic heterocycles. The number of hydrogen-bond donors (Lipinski definition) is 0. The Morgan fingerprint density at radius 1 is 0.265 bits per heavy atom. The molecule has 0 N–H and O–H groups in total. The van der Waals surface area contributed by atoms with Crippen molar-refractivity contribution in [3.05, 3.63) is 363 Å². The minimum atomic E-state index is -3.25. The maximum absolute atomic E-state index is 3.25. The second kappa shape index (κ2) is 24.0. The monoisotopic (exact) mass is 1290 g/mol. The molecule has 3 nitrogen and oxygen atoms in total. The molecule has 0 bridgehead atoms. The van der Waals surface area contributed by atoms with Crippen LogP contribution in [0.5, 0.6) is 0 Å². The highest BCUT2D eigenvalue weighted by Gasteiger charge is 2.50. The Kier molecular flexibility index (Phi) is 14.8. The average Bonchev–Trinajstić information content (AvgIpc) is 0.792. The molecule has 98 heavy (non-hydrogen) atoms. The topological polar surface area (TPSA) is 11.4 Å². The fraction of sp³-hybridized carbons (Fsp3) is 0.0870. The van der Waals surface area contributed by atoms with Crippen molar-refractivity contribution in [1.82, 2.24) is 4.57 Å². The van der Waals surface area contributed by atoms with Gasteiger partial charge in [0.05, 0.1) is 16.7 Å². The highest BCUT2D eigenvalue weighted by molar-refractivity contribution is 7.21. The van der Waals surface area contributed by atoms with Crippen molar-refractivity contribution in [2.75, 3.05) is 9.80 Å². The first-order valence-corrected chi connectivity index (χ1v) is 38.6. The Bertz CT molecular complexity index is 5190. The standard InChI is InChI=1S/C92H76BN3Si2/c1-91(2,3)67-55-57-76-77-58-56-68(92(4,5)6)62-85(77)94(84(76)61-67)69-63-86-90-87(64-69)96(83-51-31-33-53-89(83)98(73-42-22-11-23-43-73,74-44-24-12-25-45-74)75-46-26-13-27-47-75)81-59-54-66(65-34-14-7-15-35-65)60-79(81)93(90)78-48-28-29-49-80(78)95(86)82-50-30-32-52-88(82)97(70-36-16-8-17-37-70,71-38-18-9-19-39-71)72-40-20-10-21-41-72/h7-64H,1-6H3. The normalized spacial score (nSPS) is 12.9. The molecule has 3 heterocycles. The van der Waals surface area contributed by atoms with Crippen molar-refractivity contribution in [2.24, 2.45) is 0 Å². The molecular formula is C92H76BN3Si2. The van der Waals surface area contributed by atoms with Gasteiger partial charge in [-0.2, -0.15) is 0 Å². The molecule has 0 unspecified atom stereocenters. The van der Waals surface area contributed by atoms with Crippen LogP contribution >= 0.6 is 0 Å². The van der Waals surface area contributed by atoms with Crippen LogP contribution in [0.4, 0.5) is 34.1 Å². The van der Waals surface area contributed by atoms with Crippen LogP contribution in [0.1, 0.15) is 52.7 Å². The van der Waals surface area contributed by atoms with Gasteiger partial charge < -0.3 is 14.4 Å². The van der Waals surface area contributed by atoms with E-state index in [0.717, 1.165) is 34.1 Å². The van der Waals surface area contributed by atoms with E-state index in [9.17, 15) is 0 Å². The number of anilines is 6. The van der Waals surface area contributed by atoms with E-state index in [1.165, 1.54) is 108 Å². The van der Waals surface area contributed by atoms with E-state index in [1.807, 2.05) is 0 Å². The number of hydrogen-bond acceptors (Lipinski definition) is 2. The number of nitrogens with zero attached hydrogens (tertiary/aromatic N) is 3. The third-order valence-electron chi connectivity index (χ3n) is 21.2. The molecule has 0 amide bonds. The Morgan fingerprint density at radius 3 is 0.990 bits per heavy atom. The van der Waals surface area contributed by atoms with Crippen LogP contribution in [-0.2, 0) is 10.8 Å². The summed E-state index contributed by atoms with van der Waals surface area (Å²) in [7, 11) is -6.48. The van der Waals surface area contributed by atoms with Gasteiger partial charge in [-0.3, -0.25) is 0 Å². The van der Waals surface area contributed by atoms with E-state index in [0.29, 0.717) is 0 Å². The summed E-state index contributed by atoms with van der Waals surface area (Å²) in [5.41, 5.74) is 18.9. The summed E-state index contributed by atoms with van der Waals surface area (Å²) < 4.78 is 2.64. The summed E-state index contributed by atoms with van der Waals surface area (Å²) >= 11 is 0. The Labute approximate surface area is 579 Å². The fourth-order valence-electron chi connectivity index (χ4n) is 16.7. The predicted molar refractivity (Wildman–Crippen MR) is 425 cm³/mol. The largest absolute Gasteiger partial charge is 0.311 e. The summed E-state index contributed by atoms with van der Waals surface area (Å²) in [5.74, 6) is 0. The van der Waals surface area contributed by atoms with Crippen LogP contribution in [0.3, 0.4) is 0 Å². The molecule has 0 fully saturated rings. The van der Waals surface area contributed by atoms with Gasteiger partial charge in [-0.25, -0.2) is 0 Å². The first-order valence-electron chi connectivity index (χ1n) is 34.6. The third kappa shape index (κ3) is 9.67. The van der Waals surface area contributed by atoms with Gasteiger partial charge in [0.2, 0.25) is 0 Å². The van der Waals surface area contributed by atoms with Crippen molar-refractivity contribution in [3.8, 4) is 16.8 Å². The molecule has 470 valence electrons. The molecule has 17 rings (SSSR count). The van der Waals surface area contributed by atoms with Crippen LogP contribution in [-0.4, -0.2) is 27.4 Å². The number of rotatable bonds is 12. The van der Waals surface area contributed by atoms with Gasteiger partial charge in [-0.1, -0.05) is 345 Å². The van der Waals surface area contributed by atoms with Crippen molar-refractivity contribution >= 4 is 137 Å². The third-order valence-corrected chi connectivity index (χ3v) is 30.8. The molecule has 0 aliphatic carbocycles. The van der Waals surface area contributed by atoms with Crippen LogP contribution in [0.25, 0.3) is 38.6 Å². The van der Waals surface area contributed by atoms with E-state index in [4.69, 9.17) is 0 Å². The van der Waals surface area contributed by atoms with Crippen molar-refractivity contribution in [1.29, 1.82) is 0 Å². The lowest BCUT2D eigenvalue weighted by Crippen LogP contribution is -2.75. The van der Waals surface area contributed by atoms with Gasteiger partial charge in [-0.05, 0) is 139 Å². The van der Waals surface area contributed by atoms with Crippen LogP contribution in [0.2, 0.25) is 0 Å². The molecule has 0 radical (unpaired) electrons. The molecule has 1 aromatic heterocycles. The van der Waals surface area contributed by atoms with Gasteiger partial charge >= 0.3 is 0 Å². The lowest BCUT2D eigenvalue weighted by Gasteiger charge is -2.47. The summed E-state index contributed by atoms with van der Waals surface area (Å²) in [4.78, 5) is 5.43. The van der Waals surface area contributed by atoms with Crippen molar-refractivity contribution in [3.63, 3.8) is 0 Å². The predicted octanol–water partition coefficient (Wildman–Crippen LogP) is 15.9. The summed E-state index contributed by atoms with van der Waals surface area (Å²) in [5, 5.41) is 13.0. The number of para-hydroxylation sites is 3. The number of fused-ring (bicyclic) bond motifs is 7. The van der Waals surface area contributed by atoms with Gasteiger partial charge in [0.25, 0.3) is 6.71 Å². The van der Waals surface area contributed by atoms with Crippen molar-refractivity contribution < 1.29 is 0 Å². The maximum Gasteiger partial charge on any atom is 0.252 e. The highest BCUT2D eigenvalue weighted by Crippen LogP contribution is 2.48. The van der Waals surface area contributed by atoms with Crippen LogP contribution < -0.4 is 67.7 Å². The highest BCUT2D eigenvalue weighted by atomic mass is 28.3. The summed E-state index contributed by atoms with van der Waals surface area (Å²) in [6, 6.07) is 135. The van der Waals surface area contributed by atoms with E-state index in [1.54, 1.807) is 0 Å². The van der Waals surface area contributed by atoms with E-state index in [-0.39, 0.29) is 17.5 Å². The molecule has 0 atom stereocenters. The van der Waals surface area contributed by atoms with Crippen LogP contribution in [0.15, 0.2) is 352 Å². The minimum Gasteiger partial charge on any atom is -0.311 e. The van der Waals surface area contributed by atoms with E-state index >= 15 is 0 Å². The Hall–Kier alpha value is -11.0. The molecular weight excluding hydrogens is 1210 g/mol. The number of benzene rings is 14. The first kappa shape index (κ1) is 60.6. The second-order valence-electron chi connectivity index (χ2n) is 28.7.